The summed E-state index contributed by atoms with van der Waals surface area (Å²) in [4.78, 5) is 10.4. The molecule has 6 heteroatoms. The quantitative estimate of drug-likeness (QED) is 0.666. The Kier molecular flexibility index (Phi) is 3.91. The Labute approximate surface area is 107 Å². The molecule has 0 radical (unpaired) electrons. The minimum atomic E-state index is -0.496. The highest BCUT2D eigenvalue weighted by atomic mass is 32.1. The topological polar surface area (TPSA) is 72.6 Å². The lowest BCUT2D eigenvalue weighted by molar-refractivity contribution is -0.386. The summed E-state index contributed by atoms with van der Waals surface area (Å²) in [5, 5.41) is 23.7. The molecule has 0 unspecified atom stereocenters. The van der Waals surface area contributed by atoms with Crippen molar-refractivity contribution in [3.63, 3.8) is 0 Å². The normalized spacial score (nSPS) is 10.3. The van der Waals surface area contributed by atoms with Crippen LogP contribution in [0.3, 0.4) is 0 Å². The molecule has 0 saturated heterocycles. The van der Waals surface area contributed by atoms with E-state index in [1.807, 2.05) is 16.8 Å². The largest absolute Gasteiger partial charge is 0.482 e. The van der Waals surface area contributed by atoms with E-state index in [1.54, 1.807) is 0 Å². The molecule has 0 fully saturated rings. The van der Waals surface area contributed by atoms with Gasteiger partial charge in [0.05, 0.1) is 11.5 Å². The summed E-state index contributed by atoms with van der Waals surface area (Å²) < 4.78 is 5.44. The van der Waals surface area contributed by atoms with Gasteiger partial charge in [-0.1, -0.05) is 0 Å². The second-order valence-electron chi connectivity index (χ2n) is 3.64. The maximum Gasteiger partial charge on any atom is 0.310 e. The molecule has 0 saturated carbocycles. The molecule has 0 aliphatic rings. The number of nitrogens with zero attached hydrogens (tertiary/aromatic N) is 1. The standard InChI is InChI=1S/C12H11NO4S/c14-6-9-1-2-11(13(15)16)12(5-9)17-7-10-3-4-18-8-10/h1-5,8,14H,6-7H2. The van der Waals surface area contributed by atoms with Crippen molar-refractivity contribution in [3.8, 4) is 5.75 Å². The highest BCUT2D eigenvalue weighted by Crippen LogP contribution is 2.28. The maximum absolute atomic E-state index is 10.8. The third-order valence-corrected chi connectivity index (χ3v) is 3.11. The van der Waals surface area contributed by atoms with Crippen molar-refractivity contribution >= 4 is 17.0 Å². The molecule has 0 bridgehead atoms. The van der Waals surface area contributed by atoms with Crippen LogP contribution in [0.15, 0.2) is 35.0 Å². The number of rotatable bonds is 5. The van der Waals surface area contributed by atoms with Gasteiger partial charge in [-0.05, 0) is 40.1 Å². The van der Waals surface area contributed by atoms with Crippen molar-refractivity contribution in [2.45, 2.75) is 13.2 Å². The number of hydrogen-bond donors (Lipinski definition) is 1. The van der Waals surface area contributed by atoms with Gasteiger partial charge < -0.3 is 9.84 Å². The fourth-order valence-corrected chi connectivity index (χ4v) is 2.11. The van der Waals surface area contributed by atoms with Gasteiger partial charge in [-0.2, -0.15) is 11.3 Å². The first-order valence-corrected chi connectivity index (χ1v) is 6.17. The highest BCUT2D eigenvalue weighted by Gasteiger charge is 2.15. The Morgan fingerprint density at radius 2 is 2.17 bits per heavy atom. The molecule has 2 rings (SSSR count). The monoisotopic (exact) mass is 265 g/mol. The lowest BCUT2D eigenvalue weighted by atomic mass is 10.2. The van der Waals surface area contributed by atoms with Gasteiger partial charge in [0.25, 0.3) is 0 Å². The van der Waals surface area contributed by atoms with Crippen LogP contribution in [-0.2, 0) is 13.2 Å². The van der Waals surface area contributed by atoms with Crippen molar-refractivity contribution in [2.75, 3.05) is 0 Å². The van der Waals surface area contributed by atoms with Gasteiger partial charge in [-0.25, -0.2) is 0 Å². The van der Waals surface area contributed by atoms with Gasteiger partial charge in [0.1, 0.15) is 6.61 Å². The molecule has 5 nitrogen and oxygen atoms in total. The molecule has 1 aromatic carbocycles. The number of nitro benzene ring substituents is 1. The Balaban J connectivity index is 2.20. The highest BCUT2D eigenvalue weighted by molar-refractivity contribution is 7.07. The van der Waals surface area contributed by atoms with Crippen molar-refractivity contribution in [2.24, 2.45) is 0 Å². The zero-order valence-electron chi connectivity index (χ0n) is 9.41. The van der Waals surface area contributed by atoms with Crippen LogP contribution in [0.25, 0.3) is 0 Å². The van der Waals surface area contributed by atoms with E-state index >= 15 is 0 Å². The molecule has 94 valence electrons. The molecular weight excluding hydrogens is 254 g/mol. The van der Waals surface area contributed by atoms with Crippen LogP contribution >= 0.6 is 11.3 Å². The van der Waals surface area contributed by atoms with E-state index in [1.165, 1.54) is 29.5 Å². The van der Waals surface area contributed by atoms with Gasteiger partial charge in [0, 0.05) is 6.07 Å². The van der Waals surface area contributed by atoms with Crippen molar-refractivity contribution in [1.29, 1.82) is 0 Å². The average molecular weight is 265 g/mol. The third kappa shape index (κ3) is 2.85. The maximum atomic E-state index is 10.8. The van der Waals surface area contributed by atoms with Crippen molar-refractivity contribution < 1.29 is 14.8 Å². The molecule has 0 amide bonds. The zero-order chi connectivity index (χ0) is 13.0. The number of benzene rings is 1. The average Bonchev–Trinajstić information content (AvgIpc) is 2.88. The van der Waals surface area contributed by atoms with E-state index in [0.717, 1.165) is 5.56 Å². The molecule has 1 heterocycles. The van der Waals surface area contributed by atoms with Crippen LogP contribution in [0, 0.1) is 10.1 Å². The molecule has 0 atom stereocenters. The smallest absolute Gasteiger partial charge is 0.310 e. The molecule has 0 aliphatic carbocycles. The van der Waals surface area contributed by atoms with Crippen LogP contribution in [0.4, 0.5) is 5.69 Å². The summed E-state index contributed by atoms with van der Waals surface area (Å²) in [5.74, 6) is 0.178. The molecule has 0 spiro atoms. The predicted octanol–water partition coefficient (Wildman–Crippen LogP) is 2.73. The molecule has 1 N–H and O–H groups in total. The summed E-state index contributed by atoms with van der Waals surface area (Å²) >= 11 is 1.54. The van der Waals surface area contributed by atoms with E-state index < -0.39 is 4.92 Å². The van der Waals surface area contributed by atoms with Crippen molar-refractivity contribution in [3.05, 3.63) is 56.3 Å². The van der Waals surface area contributed by atoms with E-state index in [9.17, 15) is 10.1 Å². The number of hydrogen-bond acceptors (Lipinski definition) is 5. The lowest BCUT2D eigenvalue weighted by Gasteiger charge is -2.07. The van der Waals surface area contributed by atoms with Crippen LogP contribution in [0.2, 0.25) is 0 Å². The summed E-state index contributed by atoms with van der Waals surface area (Å²) in [6, 6.07) is 6.24. The number of thiophene rings is 1. The molecule has 18 heavy (non-hydrogen) atoms. The second-order valence-corrected chi connectivity index (χ2v) is 4.42. The Bertz CT molecular complexity index is 539. The van der Waals surface area contributed by atoms with Crippen LogP contribution in [0.5, 0.6) is 5.75 Å². The molecule has 1 aromatic heterocycles. The first-order valence-electron chi connectivity index (χ1n) is 5.23. The Morgan fingerprint density at radius 3 is 2.78 bits per heavy atom. The predicted molar refractivity (Wildman–Crippen MR) is 67.7 cm³/mol. The minimum Gasteiger partial charge on any atom is -0.482 e. The van der Waals surface area contributed by atoms with Crippen LogP contribution in [0.1, 0.15) is 11.1 Å². The summed E-state index contributed by atoms with van der Waals surface area (Å²) in [6.07, 6.45) is 0. The molecule has 2 aromatic rings. The minimum absolute atomic E-state index is 0.0950. The van der Waals surface area contributed by atoms with Gasteiger partial charge >= 0.3 is 5.69 Å². The first kappa shape index (κ1) is 12.5. The van der Waals surface area contributed by atoms with Gasteiger partial charge in [0.2, 0.25) is 0 Å². The van der Waals surface area contributed by atoms with E-state index in [2.05, 4.69) is 0 Å². The summed E-state index contributed by atoms with van der Waals surface area (Å²) in [6.45, 7) is 0.103. The third-order valence-electron chi connectivity index (χ3n) is 2.38. The SMILES string of the molecule is O=[N+]([O-])c1ccc(CO)cc1OCc1ccsc1. The Hall–Kier alpha value is -1.92. The van der Waals surface area contributed by atoms with Gasteiger partial charge in [0.15, 0.2) is 5.75 Å². The van der Waals surface area contributed by atoms with Crippen LogP contribution < -0.4 is 4.74 Å². The first-order chi connectivity index (χ1) is 8.70. The van der Waals surface area contributed by atoms with E-state index in [-0.39, 0.29) is 24.7 Å². The number of ether oxygens (including phenoxy) is 1. The van der Waals surface area contributed by atoms with Gasteiger partial charge in [-0.3, -0.25) is 10.1 Å². The second kappa shape index (κ2) is 5.61. The summed E-state index contributed by atoms with van der Waals surface area (Å²) in [7, 11) is 0. The molecular formula is C12H11NO4S. The molecule has 0 aliphatic heterocycles. The fourth-order valence-electron chi connectivity index (χ4n) is 1.46. The number of aliphatic hydroxyl groups is 1. The fraction of sp³-hybridized carbons (Fsp3) is 0.167. The number of nitro groups is 1. The number of aliphatic hydroxyl groups excluding tert-OH is 1. The summed E-state index contributed by atoms with van der Waals surface area (Å²) in [5.41, 5.74) is 1.45. The Morgan fingerprint density at radius 1 is 1.33 bits per heavy atom. The van der Waals surface area contributed by atoms with Gasteiger partial charge in [-0.15, -0.1) is 0 Å². The zero-order valence-corrected chi connectivity index (χ0v) is 10.2. The van der Waals surface area contributed by atoms with Crippen molar-refractivity contribution in [1.82, 2.24) is 0 Å². The lowest BCUT2D eigenvalue weighted by Crippen LogP contribution is -1.99. The van der Waals surface area contributed by atoms with E-state index in [4.69, 9.17) is 9.84 Å². The van der Waals surface area contributed by atoms with Crippen LogP contribution in [-0.4, -0.2) is 10.0 Å². The van der Waals surface area contributed by atoms with E-state index in [0.29, 0.717) is 5.56 Å².